The lowest BCUT2D eigenvalue weighted by Gasteiger charge is -2.09. The van der Waals surface area contributed by atoms with Crippen LogP contribution in [0.4, 0.5) is 0 Å². The number of Topliss-reactive ketones (excluding diaryl/α,β-unsaturated/α-hetero) is 1. The zero-order valence-corrected chi connectivity index (χ0v) is 11.2. The molecule has 0 saturated carbocycles. The van der Waals surface area contributed by atoms with Crippen LogP contribution in [0.1, 0.15) is 31.4 Å². The molecule has 0 saturated heterocycles. The minimum Gasteiger partial charge on any atom is -0.381 e. The van der Waals surface area contributed by atoms with E-state index in [0.717, 1.165) is 0 Å². The largest absolute Gasteiger partial charge is 0.381 e. The monoisotopic (exact) mass is 270 g/mol. The fraction of sp³-hybridized carbons (Fsp3) is 0.462. The Balaban J connectivity index is 2.47. The van der Waals surface area contributed by atoms with Crippen molar-refractivity contribution in [3.05, 3.63) is 35.9 Å². The number of rotatable bonds is 7. The fourth-order valence-corrected chi connectivity index (χ4v) is 2.44. The van der Waals surface area contributed by atoms with Gasteiger partial charge >= 0.3 is 0 Å². The number of hydrogen-bond donors (Lipinski definition) is 1. The van der Waals surface area contributed by atoms with E-state index < -0.39 is 15.9 Å². The van der Waals surface area contributed by atoms with E-state index in [1.807, 2.05) is 0 Å². The number of carbonyl (C=O) groups is 1. The minimum atomic E-state index is -3.04. The highest BCUT2D eigenvalue weighted by Gasteiger charge is 2.17. The van der Waals surface area contributed by atoms with Gasteiger partial charge in [0.25, 0.3) is 0 Å². The Hall–Kier alpha value is -1.20. The Morgan fingerprint density at radius 2 is 1.89 bits per heavy atom. The van der Waals surface area contributed by atoms with Crippen LogP contribution in [0, 0.1) is 0 Å². The van der Waals surface area contributed by atoms with Crippen LogP contribution in [-0.2, 0) is 14.6 Å². The van der Waals surface area contributed by atoms with E-state index in [4.69, 9.17) is 0 Å². The maximum atomic E-state index is 11.7. The van der Waals surface area contributed by atoms with Crippen molar-refractivity contribution in [1.29, 1.82) is 0 Å². The second kappa shape index (κ2) is 6.66. The molecule has 4 nitrogen and oxygen atoms in total. The summed E-state index contributed by atoms with van der Waals surface area (Å²) in [4.78, 5) is 11.7. The van der Waals surface area contributed by atoms with Gasteiger partial charge in [-0.2, -0.15) is 0 Å². The third kappa shape index (κ3) is 4.58. The summed E-state index contributed by atoms with van der Waals surface area (Å²) in [6, 6.07) is 8.63. The van der Waals surface area contributed by atoms with Gasteiger partial charge in [0.2, 0.25) is 0 Å². The quantitative estimate of drug-likeness (QED) is 0.815. The molecule has 1 unspecified atom stereocenters. The molecular weight excluding hydrogens is 252 g/mol. The second-order valence-electron chi connectivity index (χ2n) is 4.12. The summed E-state index contributed by atoms with van der Waals surface area (Å²) in [6.07, 6.45) is -0.815. The van der Waals surface area contributed by atoms with Crippen molar-refractivity contribution in [3.8, 4) is 0 Å². The molecule has 0 fully saturated rings. The normalized spacial score (nSPS) is 13.2. The van der Waals surface area contributed by atoms with Crippen LogP contribution in [0.3, 0.4) is 0 Å². The lowest BCUT2D eigenvalue weighted by Crippen LogP contribution is -2.15. The second-order valence-corrected chi connectivity index (χ2v) is 6.59. The van der Waals surface area contributed by atoms with Crippen molar-refractivity contribution in [1.82, 2.24) is 0 Å². The lowest BCUT2D eigenvalue weighted by molar-refractivity contribution is -0.127. The number of benzene rings is 1. The molecule has 100 valence electrons. The first kappa shape index (κ1) is 14.9. The average molecular weight is 270 g/mol. The molecule has 0 aliphatic carbocycles. The SMILES string of the molecule is CCS(=O)(=O)CCCC(=O)C(O)c1ccccc1. The van der Waals surface area contributed by atoms with Gasteiger partial charge in [0.1, 0.15) is 15.9 Å². The molecule has 0 aliphatic heterocycles. The third-order valence-corrected chi connectivity index (χ3v) is 4.53. The van der Waals surface area contributed by atoms with Gasteiger partial charge in [-0.05, 0) is 12.0 Å². The zero-order chi connectivity index (χ0) is 13.6. The predicted octanol–water partition coefficient (Wildman–Crippen LogP) is 1.50. The molecule has 1 N–H and O–H groups in total. The summed E-state index contributed by atoms with van der Waals surface area (Å²) in [6.45, 7) is 1.58. The Bertz CT molecular complexity index is 479. The maximum Gasteiger partial charge on any atom is 0.165 e. The van der Waals surface area contributed by atoms with E-state index >= 15 is 0 Å². The van der Waals surface area contributed by atoms with Crippen LogP contribution < -0.4 is 0 Å². The molecule has 1 aromatic rings. The van der Waals surface area contributed by atoms with Gasteiger partial charge in [-0.25, -0.2) is 8.42 Å². The van der Waals surface area contributed by atoms with Crippen LogP contribution in [0.2, 0.25) is 0 Å². The van der Waals surface area contributed by atoms with Crippen molar-refractivity contribution < 1.29 is 18.3 Å². The number of hydrogen-bond acceptors (Lipinski definition) is 4. The first-order valence-corrected chi connectivity index (χ1v) is 7.74. The number of aliphatic hydroxyl groups is 1. The fourth-order valence-electron chi connectivity index (χ4n) is 1.57. The third-order valence-electron chi connectivity index (χ3n) is 2.74. The molecule has 18 heavy (non-hydrogen) atoms. The molecule has 0 aromatic heterocycles. The van der Waals surface area contributed by atoms with Gasteiger partial charge in [0, 0.05) is 12.2 Å². The van der Waals surface area contributed by atoms with Crippen LogP contribution in [0.15, 0.2) is 30.3 Å². The Morgan fingerprint density at radius 3 is 2.44 bits per heavy atom. The highest BCUT2D eigenvalue weighted by Crippen LogP contribution is 2.15. The summed E-state index contributed by atoms with van der Waals surface area (Å²) in [5.41, 5.74) is 0.542. The van der Waals surface area contributed by atoms with E-state index in [1.54, 1.807) is 37.3 Å². The summed E-state index contributed by atoms with van der Waals surface area (Å²) in [5, 5.41) is 9.78. The molecule has 0 spiro atoms. The minimum absolute atomic E-state index is 0.00322. The summed E-state index contributed by atoms with van der Waals surface area (Å²) < 4.78 is 22.5. The van der Waals surface area contributed by atoms with Gasteiger partial charge in [0.15, 0.2) is 5.78 Å². The molecular formula is C13H18O4S. The van der Waals surface area contributed by atoms with Crippen molar-refractivity contribution in [2.75, 3.05) is 11.5 Å². The Kier molecular flexibility index (Phi) is 5.50. The molecule has 1 atom stereocenters. The molecule has 0 heterocycles. The first-order chi connectivity index (χ1) is 8.46. The van der Waals surface area contributed by atoms with E-state index in [2.05, 4.69) is 0 Å². The predicted molar refractivity (Wildman–Crippen MR) is 70.0 cm³/mol. The van der Waals surface area contributed by atoms with E-state index in [0.29, 0.717) is 5.56 Å². The Labute approximate surface area is 108 Å². The number of ketones is 1. The van der Waals surface area contributed by atoms with Crippen LogP contribution in [-0.4, -0.2) is 30.8 Å². The molecule has 0 aliphatic rings. The van der Waals surface area contributed by atoms with Crippen molar-refractivity contribution >= 4 is 15.6 Å². The van der Waals surface area contributed by atoms with Gasteiger partial charge in [0.05, 0.1) is 5.75 Å². The zero-order valence-electron chi connectivity index (χ0n) is 10.4. The average Bonchev–Trinajstić information content (AvgIpc) is 2.38. The number of sulfone groups is 1. The number of carbonyl (C=O) groups excluding carboxylic acids is 1. The van der Waals surface area contributed by atoms with Crippen LogP contribution in [0.25, 0.3) is 0 Å². The molecule has 1 aromatic carbocycles. The van der Waals surface area contributed by atoms with Crippen LogP contribution in [0.5, 0.6) is 0 Å². The van der Waals surface area contributed by atoms with Crippen molar-refractivity contribution in [3.63, 3.8) is 0 Å². The van der Waals surface area contributed by atoms with Gasteiger partial charge in [-0.1, -0.05) is 37.3 Å². The molecule has 0 bridgehead atoms. The topological polar surface area (TPSA) is 71.4 Å². The van der Waals surface area contributed by atoms with Gasteiger partial charge in [-0.3, -0.25) is 4.79 Å². The van der Waals surface area contributed by atoms with E-state index in [1.165, 1.54) is 0 Å². The van der Waals surface area contributed by atoms with E-state index in [-0.39, 0.29) is 30.1 Å². The lowest BCUT2D eigenvalue weighted by atomic mass is 10.0. The molecule has 5 heteroatoms. The molecule has 1 rings (SSSR count). The van der Waals surface area contributed by atoms with E-state index in [9.17, 15) is 18.3 Å². The smallest absolute Gasteiger partial charge is 0.165 e. The highest BCUT2D eigenvalue weighted by molar-refractivity contribution is 7.91. The van der Waals surface area contributed by atoms with Crippen molar-refractivity contribution in [2.45, 2.75) is 25.9 Å². The molecule has 0 radical (unpaired) electrons. The number of aliphatic hydroxyl groups excluding tert-OH is 1. The standard InChI is InChI=1S/C13H18O4S/c1-2-18(16,17)10-6-9-12(14)13(15)11-7-4-3-5-8-11/h3-5,7-8,13,15H,2,6,9-10H2,1H3. The van der Waals surface area contributed by atoms with Crippen LogP contribution >= 0.6 is 0 Å². The summed E-state index contributed by atoms with van der Waals surface area (Å²) >= 11 is 0. The highest BCUT2D eigenvalue weighted by atomic mass is 32.2. The summed E-state index contributed by atoms with van der Waals surface area (Å²) in [5.74, 6) is -0.258. The van der Waals surface area contributed by atoms with Gasteiger partial charge in [-0.15, -0.1) is 0 Å². The van der Waals surface area contributed by atoms with Crippen molar-refractivity contribution in [2.24, 2.45) is 0 Å². The van der Waals surface area contributed by atoms with Gasteiger partial charge < -0.3 is 5.11 Å². The maximum absolute atomic E-state index is 11.7. The molecule has 0 amide bonds. The Morgan fingerprint density at radius 1 is 1.28 bits per heavy atom. The summed E-state index contributed by atoms with van der Waals surface area (Å²) in [7, 11) is -3.04. The first-order valence-electron chi connectivity index (χ1n) is 5.92.